The lowest BCUT2D eigenvalue weighted by Gasteiger charge is -2.11. The van der Waals surface area contributed by atoms with Gasteiger partial charge in [0.15, 0.2) is 0 Å². The average Bonchev–Trinajstić information content (AvgIpc) is 2.55. The Morgan fingerprint density at radius 3 is 1.86 bits per heavy atom. The van der Waals surface area contributed by atoms with Crippen LogP contribution in [0, 0.1) is 11.3 Å². The summed E-state index contributed by atoms with van der Waals surface area (Å²) in [6.45, 7) is 0. The Bertz CT molecular complexity index is 926. The predicted octanol–water partition coefficient (Wildman–Crippen LogP) is 4.04. The van der Waals surface area contributed by atoms with Crippen LogP contribution < -0.4 is 5.73 Å². The van der Waals surface area contributed by atoms with E-state index in [2.05, 4.69) is 0 Å². The second-order valence-corrected chi connectivity index (χ2v) is 5.23. The van der Waals surface area contributed by atoms with Gasteiger partial charge in [-0.3, -0.25) is 4.79 Å². The van der Waals surface area contributed by atoms with E-state index in [0.29, 0.717) is 5.02 Å². The molecule has 0 aromatic heterocycles. The highest BCUT2D eigenvalue weighted by Crippen LogP contribution is 2.36. The number of hydrogen-bond acceptors (Lipinski definition) is 2. The molecular weight excluding hydrogens is 296 g/mol. The van der Waals surface area contributed by atoms with Gasteiger partial charge in [0.05, 0.1) is 5.02 Å². The first-order valence-electron chi connectivity index (χ1n) is 6.64. The molecule has 0 bridgehead atoms. The lowest BCUT2D eigenvalue weighted by molar-refractivity contribution is -0.114. The molecule has 0 saturated heterocycles. The molecule has 106 valence electrons. The van der Waals surface area contributed by atoms with Gasteiger partial charge in [-0.1, -0.05) is 60.1 Å². The molecule has 0 radical (unpaired) electrons. The molecule has 3 aromatic carbocycles. The van der Waals surface area contributed by atoms with Crippen LogP contribution in [0.3, 0.4) is 0 Å². The molecule has 0 unspecified atom stereocenters. The molecule has 0 saturated carbocycles. The fraction of sp³-hybridized carbons (Fsp3) is 0. The highest BCUT2D eigenvalue weighted by molar-refractivity contribution is 6.41. The molecule has 22 heavy (non-hydrogen) atoms. The summed E-state index contributed by atoms with van der Waals surface area (Å²) in [7, 11) is 0. The molecule has 0 aliphatic rings. The van der Waals surface area contributed by atoms with Gasteiger partial charge in [0, 0.05) is 10.8 Å². The summed E-state index contributed by atoms with van der Waals surface area (Å²) in [5.41, 5.74) is 5.94. The van der Waals surface area contributed by atoms with Crippen molar-refractivity contribution >= 4 is 45.1 Å². The first kappa shape index (κ1) is 14.1. The van der Waals surface area contributed by atoms with Gasteiger partial charge in [-0.15, -0.1) is 0 Å². The number of amides is 1. The number of rotatable bonds is 2. The van der Waals surface area contributed by atoms with Gasteiger partial charge >= 0.3 is 0 Å². The molecule has 0 aliphatic carbocycles. The normalized spacial score (nSPS) is 11.5. The van der Waals surface area contributed by atoms with Gasteiger partial charge in [0.1, 0.15) is 11.6 Å². The highest BCUT2D eigenvalue weighted by Gasteiger charge is 2.12. The van der Waals surface area contributed by atoms with E-state index >= 15 is 0 Å². The Labute approximate surface area is 132 Å². The Balaban J connectivity index is 2.53. The summed E-state index contributed by atoms with van der Waals surface area (Å²) in [4.78, 5) is 11.4. The Hall–Kier alpha value is -2.83. The summed E-state index contributed by atoms with van der Waals surface area (Å²) in [5, 5.41) is 13.3. The number of fused-ring (bicyclic) bond motifs is 2. The second kappa shape index (κ2) is 5.51. The summed E-state index contributed by atoms with van der Waals surface area (Å²) >= 11 is 6.50. The monoisotopic (exact) mass is 306 g/mol. The molecule has 0 aliphatic heterocycles. The first-order valence-corrected chi connectivity index (χ1v) is 7.02. The van der Waals surface area contributed by atoms with E-state index in [1.165, 1.54) is 6.08 Å². The average molecular weight is 307 g/mol. The molecule has 0 atom stereocenters. The number of carbonyl (C=O) groups excluding carboxylic acids is 1. The third-order valence-electron chi connectivity index (χ3n) is 3.58. The Morgan fingerprint density at radius 2 is 1.45 bits per heavy atom. The van der Waals surface area contributed by atoms with Crippen molar-refractivity contribution in [1.82, 2.24) is 0 Å². The molecule has 3 nitrogen and oxygen atoms in total. The van der Waals surface area contributed by atoms with Crippen molar-refractivity contribution in [3.8, 4) is 6.07 Å². The van der Waals surface area contributed by atoms with E-state index in [0.717, 1.165) is 27.1 Å². The number of benzene rings is 3. The summed E-state index contributed by atoms with van der Waals surface area (Å²) in [6, 6.07) is 17.1. The molecule has 2 N–H and O–H groups in total. The SMILES string of the molecule is N#CC(=Cc1c2ccccc2c(Cl)c2ccccc12)C(N)=O. The van der Waals surface area contributed by atoms with Crippen molar-refractivity contribution in [2.45, 2.75) is 0 Å². The number of nitrogens with two attached hydrogens (primary N) is 1. The third kappa shape index (κ3) is 2.20. The quantitative estimate of drug-likeness (QED) is 0.441. The topological polar surface area (TPSA) is 66.9 Å². The number of primary amides is 1. The van der Waals surface area contributed by atoms with Crippen molar-refractivity contribution in [1.29, 1.82) is 5.26 Å². The molecular formula is C18H11ClN2O. The van der Waals surface area contributed by atoms with E-state index in [-0.39, 0.29) is 5.57 Å². The van der Waals surface area contributed by atoms with Crippen molar-refractivity contribution in [2.24, 2.45) is 5.73 Å². The first-order chi connectivity index (χ1) is 10.6. The van der Waals surface area contributed by atoms with E-state index in [1.807, 2.05) is 54.6 Å². The fourth-order valence-electron chi connectivity index (χ4n) is 2.57. The molecule has 3 rings (SSSR count). The number of carbonyl (C=O) groups is 1. The van der Waals surface area contributed by atoms with Crippen LogP contribution in [0.2, 0.25) is 5.02 Å². The zero-order valence-corrected chi connectivity index (χ0v) is 12.3. The van der Waals surface area contributed by atoms with E-state index in [1.54, 1.807) is 0 Å². The van der Waals surface area contributed by atoms with Crippen LogP contribution >= 0.6 is 11.6 Å². The van der Waals surface area contributed by atoms with E-state index in [9.17, 15) is 4.79 Å². The number of halogens is 1. The zero-order chi connectivity index (χ0) is 15.7. The molecule has 0 spiro atoms. The molecule has 4 heteroatoms. The van der Waals surface area contributed by atoms with Crippen LogP contribution in [-0.2, 0) is 4.79 Å². The summed E-state index contributed by atoms with van der Waals surface area (Å²) in [5.74, 6) is -0.745. The lowest BCUT2D eigenvalue weighted by atomic mass is 9.95. The van der Waals surface area contributed by atoms with E-state index in [4.69, 9.17) is 22.6 Å². The minimum absolute atomic E-state index is 0.0855. The Morgan fingerprint density at radius 1 is 1.00 bits per heavy atom. The largest absolute Gasteiger partial charge is 0.365 e. The van der Waals surface area contributed by atoms with Crippen LogP contribution in [0.15, 0.2) is 54.1 Å². The second-order valence-electron chi connectivity index (χ2n) is 4.85. The maximum Gasteiger partial charge on any atom is 0.259 e. The van der Waals surface area contributed by atoms with Gasteiger partial charge in [-0.25, -0.2) is 0 Å². The fourth-order valence-corrected chi connectivity index (χ4v) is 2.90. The van der Waals surface area contributed by atoms with Gasteiger partial charge in [-0.05, 0) is 22.4 Å². The number of nitriles is 1. The maximum absolute atomic E-state index is 11.4. The predicted molar refractivity (Wildman–Crippen MR) is 89.2 cm³/mol. The molecule has 3 aromatic rings. The summed E-state index contributed by atoms with van der Waals surface area (Å²) < 4.78 is 0. The van der Waals surface area contributed by atoms with Gasteiger partial charge in [0.2, 0.25) is 0 Å². The molecule has 0 heterocycles. The van der Waals surface area contributed by atoms with Crippen LogP contribution in [0.1, 0.15) is 5.56 Å². The summed E-state index contributed by atoms with van der Waals surface area (Å²) in [6.07, 6.45) is 1.53. The third-order valence-corrected chi connectivity index (χ3v) is 3.99. The van der Waals surface area contributed by atoms with Gasteiger partial charge in [-0.2, -0.15) is 5.26 Å². The highest BCUT2D eigenvalue weighted by atomic mass is 35.5. The number of hydrogen-bond donors (Lipinski definition) is 1. The van der Waals surface area contributed by atoms with Gasteiger partial charge in [0.25, 0.3) is 5.91 Å². The minimum atomic E-state index is -0.745. The minimum Gasteiger partial charge on any atom is -0.365 e. The lowest BCUT2D eigenvalue weighted by Crippen LogP contribution is -2.12. The van der Waals surface area contributed by atoms with Crippen LogP contribution in [0.5, 0.6) is 0 Å². The van der Waals surface area contributed by atoms with Crippen molar-refractivity contribution in [3.63, 3.8) is 0 Å². The van der Waals surface area contributed by atoms with Crippen molar-refractivity contribution in [2.75, 3.05) is 0 Å². The smallest absolute Gasteiger partial charge is 0.259 e. The van der Waals surface area contributed by atoms with Crippen LogP contribution in [0.25, 0.3) is 27.6 Å². The van der Waals surface area contributed by atoms with Crippen molar-refractivity contribution < 1.29 is 4.79 Å². The van der Waals surface area contributed by atoms with Crippen molar-refractivity contribution in [3.05, 3.63) is 64.7 Å². The maximum atomic E-state index is 11.4. The standard InChI is InChI=1S/C18H11ClN2O/c19-17-14-7-3-1-5-12(14)16(9-11(10-20)18(21)22)13-6-2-4-8-15(13)17/h1-9H,(H2,21,22). The van der Waals surface area contributed by atoms with Crippen LogP contribution in [0.4, 0.5) is 0 Å². The van der Waals surface area contributed by atoms with Crippen LogP contribution in [-0.4, -0.2) is 5.91 Å². The molecule has 1 amide bonds. The van der Waals surface area contributed by atoms with E-state index < -0.39 is 5.91 Å². The zero-order valence-electron chi connectivity index (χ0n) is 11.5. The Kier molecular flexibility index (Phi) is 3.54. The number of nitrogens with zero attached hydrogens (tertiary/aromatic N) is 1. The van der Waals surface area contributed by atoms with Gasteiger partial charge < -0.3 is 5.73 Å². The molecule has 0 fully saturated rings.